The van der Waals surface area contributed by atoms with E-state index in [0.29, 0.717) is 13.0 Å². The van der Waals surface area contributed by atoms with Gasteiger partial charge in [0.15, 0.2) is 9.84 Å². The van der Waals surface area contributed by atoms with Crippen LogP contribution < -0.4 is 0 Å². The van der Waals surface area contributed by atoms with Crippen LogP contribution in [0, 0.1) is 5.92 Å². The van der Waals surface area contributed by atoms with Crippen molar-refractivity contribution in [2.75, 3.05) is 18.6 Å². The maximum absolute atomic E-state index is 12.3. The van der Waals surface area contributed by atoms with Gasteiger partial charge in [-0.2, -0.15) is 0 Å². The number of hydrogen-bond acceptors (Lipinski definition) is 5. The number of rotatable bonds is 3. The molecular formula is C14H20N2O4S. The molecule has 1 unspecified atom stereocenters. The molecule has 2 heterocycles. The van der Waals surface area contributed by atoms with Gasteiger partial charge < -0.3 is 9.42 Å². The van der Waals surface area contributed by atoms with Gasteiger partial charge in [0, 0.05) is 19.0 Å². The van der Waals surface area contributed by atoms with Crippen molar-refractivity contribution in [1.82, 2.24) is 10.1 Å². The summed E-state index contributed by atoms with van der Waals surface area (Å²) in [4.78, 5) is 13.9. The third-order valence-corrected chi connectivity index (χ3v) is 6.14. The van der Waals surface area contributed by atoms with Crippen LogP contribution in [-0.4, -0.2) is 42.9 Å². The van der Waals surface area contributed by atoms with Gasteiger partial charge in [0.05, 0.1) is 24.0 Å². The summed E-state index contributed by atoms with van der Waals surface area (Å²) in [7, 11) is -1.33. The van der Waals surface area contributed by atoms with Gasteiger partial charge in [-0.05, 0) is 25.7 Å². The average Bonchev–Trinajstić information content (AvgIpc) is 3.02. The molecule has 116 valence electrons. The Hall–Kier alpha value is -1.37. The van der Waals surface area contributed by atoms with Gasteiger partial charge >= 0.3 is 0 Å². The molecule has 21 heavy (non-hydrogen) atoms. The van der Waals surface area contributed by atoms with E-state index in [1.54, 1.807) is 11.9 Å². The van der Waals surface area contributed by atoms with Crippen LogP contribution in [0.5, 0.6) is 0 Å². The average molecular weight is 312 g/mol. The Morgan fingerprint density at radius 1 is 1.38 bits per heavy atom. The Morgan fingerprint density at radius 3 is 2.86 bits per heavy atom. The van der Waals surface area contributed by atoms with Crippen LogP contribution in [0.4, 0.5) is 0 Å². The molecule has 1 aromatic heterocycles. The summed E-state index contributed by atoms with van der Waals surface area (Å²) in [5, 5.41) is 4.09. The number of carbonyl (C=O) groups excluding carboxylic acids is 1. The fourth-order valence-corrected chi connectivity index (χ4v) is 4.91. The molecule has 0 bridgehead atoms. The highest BCUT2D eigenvalue weighted by atomic mass is 32.2. The number of carbonyl (C=O) groups is 1. The minimum absolute atomic E-state index is 0.0207. The predicted molar refractivity (Wildman–Crippen MR) is 76.4 cm³/mol. The van der Waals surface area contributed by atoms with Gasteiger partial charge in [-0.3, -0.25) is 4.79 Å². The largest absolute Gasteiger partial charge is 0.361 e. The molecule has 0 radical (unpaired) electrons. The minimum atomic E-state index is -3.03. The van der Waals surface area contributed by atoms with Gasteiger partial charge in [-0.15, -0.1) is 0 Å². The van der Waals surface area contributed by atoms with E-state index in [0.717, 1.165) is 42.7 Å². The first-order chi connectivity index (χ1) is 9.96. The van der Waals surface area contributed by atoms with Crippen molar-refractivity contribution in [3.8, 4) is 0 Å². The first-order valence-corrected chi connectivity index (χ1v) is 9.20. The van der Waals surface area contributed by atoms with Crippen molar-refractivity contribution in [3.05, 3.63) is 17.0 Å². The first-order valence-electron chi connectivity index (χ1n) is 7.38. The SMILES string of the molecule is CN(Cc1noc2c1CCCC2)C(=O)C1CCS(=O)(=O)C1. The number of nitrogens with zero attached hydrogens (tertiary/aromatic N) is 2. The highest BCUT2D eigenvalue weighted by molar-refractivity contribution is 7.91. The van der Waals surface area contributed by atoms with Crippen molar-refractivity contribution in [2.45, 2.75) is 38.6 Å². The zero-order valence-electron chi connectivity index (χ0n) is 12.2. The van der Waals surface area contributed by atoms with Crippen molar-refractivity contribution in [1.29, 1.82) is 0 Å². The van der Waals surface area contributed by atoms with Gasteiger partial charge in [0.1, 0.15) is 11.5 Å². The molecule has 3 rings (SSSR count). The molecule has 2 aliphatic rings. The van der Waals surface area contributed by atoms with Crippen LogP contribution in [0.2, 0.25) is 0 Å². The van der Waals surface area contributed by atoms with E-state index in [2.05, 4.69) is 5.16 Å². The lowest BCUT2D eigenvalue weighted by Crippen LogP contribution is -2.33. The van der Waals surface area contributed by atoms with Crippen LogP contribution in [0.25, 0.3) is 0 Å². The quantitative estimate of drug-likeness (QED) is 0.830. The fraction of sp³-hybridized carbons (Fsp3) is 0.714. The normalized spacial score (nSPS) is 23.8. The van der Waals surface area contributed by atoms with Crippen LogP contribution in [0.3, 0.4) is 0 Å². The second kappa shape index (κ2) is 5.44. The van der Waals surface area contributed by atoms with Crippen molar-refractivity contribution in [2.24, 2.45) is 5.92 Å². The minimum Gasteiger partial charge on any atom is -0.361 e. The molecule has 6 nitrogen and oxygen atoms in total. The van der Waals surface area contributed by atoms with Gasteiger partial charge in [-0.1, -0.05) is 5.16 Å². The highest BCUT2D eigenvalue weighted by Gasteiger charge is 2.35. The molecule has 1 aliphatic carbocycles. The maximum Gasteiger partial charge on any atom is 0.226 e. The summed E-state index contributed by atoms with van der Waals surface area (Å²) in [6.45, 7) is 0.397. The molecule has 0 aromatic carbocycles. The summed E-state index contributed by atoms with van der Waals surface area (Å²) in [5.74, 6) is 0.538. The molecule has 0 N–H and O–H groups in total. The van der Waals surface area contributed by atoms with Gasteiger partial charge in [-0.25, -0.2) is 8.42 Å². The maximum atomic E-state index is 12.3. The molecule has 1 fully saturated rings. The van der Waals surface area contributed by atoms with Crippen LogP contribution in [0.15, 0.2) is 4.52 Å². The third-order valence-electron chi connectivity index (χ3n) is 4.38. The molecule has 0 saturated carbocycles. The zero-order chi connectivity index (χ0) is 15.0. The van der Waals surface area contributed by atoms with E-state index in [4.69, 9.17) is 4.52 Å². The molecule has 1 aromatic rings. The molecule has 1 atom stereocenters. The Labute approximate surface area is 124 Å². The Morgan fingerprint density at radius 2 is 2.14 bits per heavy atom. The van der Waals surface area contributed by atoms with Crippen LogP contribution in [-0.2, 0) is 34.0 Å². The summed E-state index contributed by atoms with van der Waals surface area (Å²) in [5.41, 5.74) is 1.96. The summed E-state index contributed by atoms with van der Waals surface area (Å²) in [6, 6.07) is 0. The standard InChI is InChI=1S/C14H20N2O4S/c1-16(14(17)10-6-7-21(18,19)9-10)8-12-11-4-2-3-5-13(11)20-15-12/h10H,2-9H2,1H3. The highest BCUT2D eigenvalue weighted by Crippen LogP contribution is 2.26. The van der Waals surface area contributed by atoms with E-state index in [1.807, 2.05) is 0 Å². The molecule has 0 spiro atoms. The first kappa shape index (κ1) is 14.6. The van der Waals surface area contributed by atoms with Crippen molar-refractivity contribution < 1.29 is 17.7 Å². The van der Waals surface area contributed by atoms with Gasteiger partial charge in [0.2, 0.25) is 5.91 Å². The van der Waals surface area contributed by atoms with E-state index in [1.165, 1.54) is 0 Å². The lowest BCUT2D eigenvalue weighted by molar-refractivity contribution is -0.134. The Bertz CT molecular complexity index is 650. The molecule has 1 aliphatic heterocycles. The lowest BCUT2D eigenvalue weighted by Gasteiger charge is -2.20. The molecule has 7 heteroatoms. The number of fused-ring (bicyclic) bond motifs is 1. The van der Waals surface area contributed by atoms with Gasteiger partial charge in [0.25, 0.3) is 0 Å². The summed E-state index contributed by atoms with van der Waals surface area (Å²) >= 11 is 0. The second-order valence-electron chi connectivity index (χ2n) is 6.03. The summed E-state index contributed by atoms with van der Waals surface area (Å²) < 4.78 is 28.3. The number of amides is 1. The van der Waals surface area contributed by atoms with E-state index >= 15 is 0 Å². The van der Waals surface area contributed by atoms with Crippen molar-refractivity contribution in [3.63, 3.8) is 0 Å². The zero-order valence-corrected chi connectivity index (χ0v) is 13.0. The topological polar surface area (TPSA) is 80.5 Å². The Kier molecular flexibility index (Phi) is 3.77. The number of hydrogen-bond donors (Lipinski definition) is 0. The second-order valence-corrected chi connectivity index (χ2v) is 8.26. The van der Waals surface area contributed by atoms with Crippen LogP contribution in [0.1, 0.15) is 36.3 Å². The summed E-state index contributed by atoms with van der Waals surface area (Å²) in [6.07, 6.45) is 4.55. The lowest BCUT2D eigenvalue weighted by atomic mass is 9.96. The third kappa shape index (κ3) is 2.97. The number of aryl methyl sites for hydroxylation is 1. The van der Waals surface area contributed by atoms with E-state index < -0.39 is 15.8 Å². The predicted octanol–water partition coefficient (Wildman–Crippen LogP) is 0.946. The molecule has 1 saturated heterocycles. The Balaban J connectivity index is 1.68. The van der Waals surface area contributed by atoms with E-state index in [-0.39, 0.29) is 17.4 Å². The number of aromatic nitrogens is 1. The smallest absolute Gasteiger partial charge is 0.226 e. The van der Waals surface area contributed by atoms with Crippen molar-refractivity contribution >= 4 is 15.7 Å². The molecular weight excluding hydrogens is 292 g/mol. The van der Waals surface area contributed by atoms with E-state index in [9.17, 15) is 13.2 Å². The fourth-order valence-electron chi connectivity index (χ4n) is 3.18. The number of sulfone groups is 1. The monoisotopic (exact) mass is 312 g/mol. The van der Waals surface area contributed by atoms with Crippen LogP contribution >= 0.6 is 0 Å². The molecule has 1 amide bonds.